The number of piperazine rings is 1. The normalized spacial score (nSPS) is 16.0. The Morgan fingerprint density at radius 1 is 1.27 bits per heavy atom. The lowest BCUT2D eigenvalue weighted by Crippen LogP contribution is -2.48. The van der Waals surface area contributed by atoms with Gasteiger partial charge < -0.3 is 4.90 Å². The van der Waals surface area contributed by atoms with Gasteiger partial charge in [-0.3, -0.25) is 14.7 Å². The van der Waals surface area contributed by atoms with E-state index in [1.165, 1.54) is 4.88 Å². The topological polar surface area (TPSA) is 36.4 Å². The molecule has 1 aliphatic rings. The van der Waals surface area contributed by atoms with Crippen LogP contribution in [0.25, 0.3) is 0 Å². The van der Waals surface area contributed by atoms with Gasteiger partial charge in [-0.05, 0) is 34.1 Å². The maximum Gasteiger partial charge on any atom is 0.255 e. The average molecular weight is 401 g/mol. The van der Waals surface area contributed by atoms with Gasteiger partial charge in [0.15, 0.2) is 0 Å². The molecule has 1 aliphatic heterocycles. The summed E-state index contributed by atoms with van der Waals surface area (Å²) >= 11 is 10.9. The van der Waals surface area contributed by atoms with Gasteiger partial charge in [-0.25, -0.2) is 0 Å². The number of amides is 1. The molecule has 22 heavy (non-hydrogen) atoms. The van der Waals surface area contributed by atoms with Crippen molar-refractivity contribution in [1.82, 2.24) is 14.8 Å². The molecule has 0 spiro atoms. The molecule has 2 aromatic rings. The zero-order chi connectivity index (χ0) is 15.5. The van der Waals surface area contributed by atoms with Gasteiger partial charge in [0.05, 0.1) is 9.90 Å². The molecule has 0 bridgehead atoms. The van der Waals surface area contributed by atoms with Gasteiger partial charge in [0.25, 0.3) is 5.91 Å². The maximum atomic E-state index is 12.5. The van der Waals surface area contributed by atoms with Crippen molar-refractivity contribution >= 4 is 44.8 Å². The summed E-state index contributed by atoms with van der Waals surface area (Å²) in [5, 5.41) is 0. The number of thiophene rings is 1. The predicted molar refractivity (Wildman–Crippen MR) is 92.4 cm³/mol. The smallest absolute Gasteiger partial charge is 0.255 e. The number of carbonyl (C=O) groups excluding carboxylic acids is 1. The number of carbonyl (C=O) groups is 1. The van der Waals surface area contributed by atoms with Crippen LogP contribution in [0.3, 0.4) is 0 Å². The molecule has 0 aromatic carbocycles. The highest BCUT2D eigenvalue weighted by Crippen LogP contribution is 2.23. The molecule has 0 aliphatic carbocycles. The van der Waals surface area contributed by atoms with E-state index in [0.29, 0.717) is 5.56 Å². The van der Waals surface area contributed by atoms with E-state index in [4.69, 9.17) is 11.6 Å². The van der Waals surface area contributed by atoms with Gasteiger partial charge in [0, 0.05) is 54.5 Å². The van der Waals surface area contributed by atoms with Crippen molar-refractivity contribution in [2.24, 2.45) is 0 Å². The van der Waals surface area contributed by atoms with Gasteiger partial charge >= 0.3 is 0 Å². The number of halogens is 2. The Labute approximate surface area is 146 Å². The van der Waals surface area contributed by atoms with E-state index < -0.39 is 0 Å². The zero-order valence-corrected chi connectivity index (χ0v) is 15.0. The Morgan fingerprint density at radius 3 is 2.68 bits per heavy atom. The monoisotopic (exact) mass is 399 g/mol. The Bertz CT molecular complexity index is 670. The molecule has 2 aromatic heterocycles. The SMILES string of the molecule is O=C(c1cncc(Br)c1)N1CCN(Cc2ccc(Cl)s2)CC1. The lowest BCUT2D eigenvalue weighted by atomic mass is 10.2. The van der Waals surface area contributed by atoms with E-state index in [1.807, 2.05) is 17.0 Å². The minimum atomic E-state index is 0.0487. The molecule has 0 atom stereocenters. The van der Waals surface area contributed by atoms with E-state index in [2.05, 4.69) is 31.9 Å². The summed E-state index contributed by atoms with van der Waals surface area (Å²) in [5.41, 5.74) is 0.632. The molecule has 3 heterocycles. The molecular weight excluding hydrogens is 386 g/mol. The highest BCUT2D eigenvalue weighted by atomic mass is 79.9. The van der Waals surface area contributed by atoms with E-state index >= 15 is 0 Å². The number of nitrogens with zero attached hydrogens (tertiary/aromatic N) is 3. The van der Waals surface area contributed by atoms with Crippen LogP contribution in [-0.4, -0.2) is 46.9 Å². The van der Waals surface area contributed by atoms with Crippen LogP contribution in [0.2, 0.25) is 4.34 Å². The molecule has 3 rings (SSSR count). The summed E-state index contributed by atoms with van der Waals surface area (Å²) in [7, 11) is 0. The van der Waals surface area contributed by atoms with Crippen LogP contribution >= 0.6 is 38.9 Å². The van der Waals surface area contributed by atoms with Crippen molar-refractivity contribution in [3.63, 3.8) is 0 Å². The number of hydrogen-bond donors (Lipinski definition) is 0. The van der Waals surface area contributed by atoms with Gasteiger partial charge in [0.2, 0.25) is 0 Å². The fourth-order valence-corrected chi connectivity index (χ4v) is 3.97. The molecule has 0 unspecified atom stereocenters. The fraction of sp³-hybridized carbons (Fsp3) is 0.333. The van der Waals surface area contributed by atoms with E-state index in [0.717, 1.165) is 41.5 Å². The molecule has 1 amide bonds. The molecule has 0 saturated carbocycles. The lowest BCUT2D eigenvalue weighted by molar-refractivity contribution is 0.0629. The molecule has 1 saturated heterocycles. The third-order valence-corrected chi connectivity index (χ3v) is 5.27. The van der Waals surface area contributed by atoms with Crippen LogP contribution in [0.5, 0.6) is 0 Å². The average Bonchev–Trinajstić information content (AvgIpc) is 2.92. The summed E-state index contributed by atoms with van der Waals surface area (Å²) in [5.74, 6) is 0.0487. The first-order valence-corrected chi connectivity index (χ1v) is 8.97. The van der Waals surface area contributed by atoms with E-state index in [1.54, 1.807) is 23.7 Å². The largest absolute Gasteiger partial charge is 0.336 e. The van der Waals surface area contributed by atoms with Crippen molar-refractivity contribution in [2.75, 3.05) is 26.2 Å². The second-order valence-corrected chi connectivity index (χ2v) is 7.88. The number of rotatable bonds is 3. The van der Waals surface area contributed by atoms with Gasteiger partial charge in [-0.1, -0.05) is 11.6 Å². The quantitative estimate of drug-likeness (QED) is 0.791. The second kappa shape index (κ2) is 7.08. The minimum Gasteiger partial charge on any atom is -0.336 e. The number of aromatic nitrogens is 1. The lowest BCUT2D eigenvalue weighted by Gasteiger charge is -2.34. The van der Waals surface area contributed by atoms with E-state index in [9.17, 15) is 4.79 Å². The van der Waals surface area contributed by atoms with Crippen LogP contribution in [0.4, 0.5) is 0 Å². The van der Waals surface area contributed by atoms with Crippen molar-refractivity contribution < 1.29 is 4.79 Å². The molecule has 0 radical (unpaired) electrons. The second-order valence-electron chi connectivity index (χ2n) is 5.17. The molecule has 116 valence electrons. The summed E-state index contributed by atoms with van der Waals surface area (Å²) in [6.07, 6.45) is 3.30. The third kappa shape index (κ3) is 3.87. The first-order valence-electron chi connectivity index (χ1n) is 6.98. The Balaban J connectivity index is 1.56. The summed E-state index contributed by atoms with van der Waals surface area (Å²) in [6.45, 7) is 4.14. The first kappa shape index (κ1) is 15.9. The Morgan fingerprint density at radius 2 is 2.05 bits per heavy atom. The summed E-state index contributed by atoms with van der Waals surface area (Å²) in [4.78, 5) is 22.0. The molecule has 4 nitrogen and oxygen atoms in total. The fourth-order valence-electron chi connectivity index (χ4n) is 2.48. The van der Waals surface area contributed by atoms with Gasteiger partial charge in [-0.2, -0.15) is 0 Å². The van der Waals surface area contributed by atoms with Crippen molar-refractivity contribution in [1.29, 1.82) is 0 Å². The summed E-state index contributed by atoms with van der Waals surface area (Å²) < 4.78 is 1.65. The molecule has 1 fully saturated rings. The Kier molecular flexibility index (Phi) is 5.13. The van der Waals surface area contributed by atoms with Gasteiger partial charge in [-0.15, -0.1) is 11.3 Å². The predicted octanol–water partition coefficient (Wildman–Crippen LogP) is 3.52. The highest BCUT2D eigenvalue weighted by molar-refractivity contribution is 9.10. The molecular formula is C15H15BrClN3OS. The standard InChI is InChI=1S/C15H15BrClN3OS/c16-12-7-11(8-18-9-12)15(21)20-5-3-19(4-6-20)10-13-1-2-14(17)22-13/h1-2,7-9H,3-6,10H2. The van der Waals surface area contributed by atoms with Crippen LogP contribution in [0.15, 0.2) is 35.1 Å². The highest BCUT2D eigenvalue weighted by Gasteiger charge is 2.22. The van der Waals surface area contributed by atoms with Crippen molar-refractivity contribution in [2.45, 2.75) is 6.54 Å². The Hall–Kier alpha value is -0.950. The maximum absolute atomic E-state index is 12.5. The molecule has 7 heteroatoms. The number of pyridine rings is 1. The summed E-state index contributed by atoms with van der Waals surface area (Å²) in [6, 6.07) is 5.81. The van der Waals surface area contributed by atoms with Crippen LogP contribution in [0.1, 0.15) is 15.2 Å². The zero-order valence-electron chi connectivity index (χ0n) is 11.8. The third-order valence-electron chi connectivity index (χ3n) is 3.62. The van der Waals surface area contributed by atoms with Crippen LogP contribution in [-0.2, 0) is 6.54 Å². The number of hydrogen-bond acceptors (Lipinski definition) is 4. The van der Waals surface area contributed by atoms with Crippen molar-refractivity contribution in [3.05, 3.63) is 49.8 Å². The minimum absolute atomic E-state index is 0.0487. The van der Waals surface area contributed by atoms with Crippen LogP contribution in [0, 0.1) is 0 Å². The van der Waals surface area contributed by atoms with Gasteiger partial charge in [0.1, 0.15) is 0 Å². The van der Waals surface area contributed by atoms with E-state index in [-0.39, 0.29) is 5.91 Å². The first-order chi connectivity index (χ1) is 10.6. The van der Waals surface area contributed by atoms with Crippen LogP contribution < -0.4 is 0 Å². The molecule has 0 N–H and O–H groups in total. The van der Waals surface area contributed by atoms with Crippen molar-refractivity contribution in [3.8, 4) is 0 Å².